The molecule has 1 aliphatic heterocycles. The van der Waals surface area contributed by atoms with Crippen molar-refractivity contribution in [2.24, 2.45) is 0 Å². The number of ether oxygens (including phenoxy) is 1. The second kappa shape index (κ2) is 5.83. The SMILES string of the molecule is OB(O)c1ccc2c(c1)C1(c3ccccc3O2)c2ccccc2-c2ccccc21. The molecular formula is C25H17BO3. The van der Waals surface area contributed by atoms with Crippen LogP contribution >= 0.6 is 0 Å². The van der Waals surface area contributed by atoms with Crippen LogP contribution in [0.15, 0.2) is 91.0 Å². The van der Waals surface area contributed by atoms with E-state index in [-0.39, 0.29) is 0 Å². The largest absolute Gasteiger partial charge is 0.488 e. The van der Waals surface area contributed by atoms with Crippen molar-refractivity contribution in [1.29, 1.82) is 0 Å². The third kappa shape index (κ3) is 2.05. The van der Waals surface area contributed by atoms with Gasteiger partial charge in [-0.25, -0.2) is 0 Å². The number of para-hydroxylation sites is 1. The molecule has 1 spiro atoms. The molecule has 0 fully saturated rings. The van der Waals surface area contributed by atoms with E-state index in [1.807, 2.05) is 30.3 Å². The Kier molecular flexibility index (Phi) is 3.34. The number of hydrogen-bond donors (Lipinski definition) is 2. The molecule has 0 radical (unpaired) electrons. The highest BCUT2D eigenvalue weighted by Crippen LogP contribution is 2.61. The van der Waals surface area contributed by atoms with E-state index in [0.717, 1.165) is 22.6 Å². The van der Waals surface area contributed by atoms with E-state index < -0.39 is 12.5 Å². The zero-order chi connectivity index (χ0) is 19.6. The minimum Gasteiger partial charge on any atom is -0.457 e. The highest BCUT2D eigenvalue weighted by molar-refractivity contribution is 6.58. The fourth-order valence-corrected chi connectivity index (χ4v) is 5.03. The predicted octanol–water partition coefficient (Wildman–Crippen LogP) is 3.84. The molecular weight excluding hydrogens is 359 g/mol. The van der Waals surface area contributed by atoms with Crippen LogP contribution in [0.4, 0.5) is 0 Å². The molecule has 1 aliphatic carbocycles. The summed E-state index contributed by atoms with van der Waals surface area (Å²) in [7, 11) is -1.54. The Morgan fingerprint density at radius 2 is 1.14 bits per heavy atom. The minimum atomic E-state index is -1.54. The van der Waals surface area contributed by atoms with Crippen LogP contribution in [0.5, 0.6) is 11.5 Å². The van der Waals surface area contributed by atoms with E-state index in [9.17, 15) is 10.0 Å². The molecule has 0 unspecified atom stereocenters. The van der Waals surface area contributed by atoms with Crippen molar-refractivity contribution in [3.63, 3.8) is 0 Å². The smallest absolute Gasteiger partial charge is 0.457 e. The molecule has 0 bridgehead atoms. The quantitative estimate of drug-likeness (QED) is 0.429. The number of rotatable bonds is 1. The van der Waals surface area contributed by atoms with Crippen LogP contribution in [-0.4, -0.2) is 17.2 Å². The van der Waals surface area contributed by atoms with Gasteiger partial charge in [0, 0.05) is 11.1 Å². The molecule has 0 aromatic heterocycles. The van der Waals surface area contributed by atoms with Gasteiger partial charge in [0.2, 0.25) is 0 Å². The lowest BCUT2D eigenvalue weighted by atomic mass is 9.64. The summed E-state index contributed by atoms with van der Waals surface area (Å²) in [5.74, 6) is 1.56. The van der Waals surface area contributed by atoms with E-state index in [4.69, 9.17) is 4.74 Å². The van der Waals surface area contributed by atoms with Crippen LogP contribution in [0.3, 0.4) is 0 Å². The van der Waals surface area contributed by atoms with Crippen molar-refractivity contribution in [2.75, 3.05) is 0 Å². The first kappa shape index (κ1) is 16.6. The molecule has 3 nitrogen and oxygen atoms in total. The van der Waals surface area contributed by atoms with Gasteiger partial charge in [0.1, 0.15) is 11.5 Å². The molecule has 0 amide bonds. The molecule has 4 aromatic rings. The van der Waals surface area contributed by atoms with Crippen molar-refractivity contribution >= 4 is 12.6 Å². The number of benzene rings is 4. The lowest BCUT2D eigenvalue weighted by molar-refractivity contribution is 0.424. The standard InChI is InChI=1S/C25H17BO3/c27-26(28)16-13-14-24-22(15-16)25(21-11-5-6-12-23(21)29-24)19-9-3-1-7-17(19)18-8-2-4-10-20(18)25/h1-15,27-28H. The first-order valence-electron chi connectivity index (χ1n) is 9.68. The monoisotopic (exact) mass is 376 g/mol. The fourth-order valence-electron chi connectivity index (χ4n) is 5.03. The van der Waals surface area contributed by atoms with Gasteiger partial charge in [0.15, 0.2) is 0 Å². The predicted molar refractivity (Wildman–Crippen MR) is 114 cm³/mol. The maximum atomic E-state index is 9.86. The van der Waals surface area contributed by atoms with Gasteiger partial charge in [-0.1, -0.05) is 78.9 Å². The van der Waals surface area contributed by atoms with Crippen molar-refractivity contribution in [3.05, 3.63) is 113 Å². The fraction of sp³-hybridized carbons (Fsp3) is 0.0400. The summed E-state index contributed by atoms with van der Waals surface area (Å²) in [6.07, 6.45) is 0. The number of hydrogen-bond acceptors (Lipinski definition) is 3. The van der Waals surface area contributed by atoms with Gasteiger partial charge >= 0.3 is 7.12 Å². The molecule has 6 rings (SSSR count). The van der Waals surface area contributed by atoms with E-state index in [1.165, 1.54) is 22.3 Å². The summed E-state index contributed by atoms with van der Waals surface area (Å²) in [5.41, 5.74) is 6.64. The summed E-state index contributed by atoms with van der Waals surface area (Å²) in [6, 6.07) is 30.4. The van der Waals surface area contributed by atoms with Crippen molar-refractivity contribution in [2.45, 2.75) is 5.41 Å². The van der Waals surface area contributed by atoms with Crippen molar-refractivity contribution in [1.82, 2.24) is 0 Å². The van der Waals surface area contributed by atoms with Gasteiger partial charge in [-0.2, -0.15) is 0 Å². The summed E-state index contributed by atoms with van der Waals surface area (Å²) >= 11 is 0. The van der Waals surface area contributed by atoms with Crippen LogP contribution in [0.1, 0.15) is 22.3 Å². The first-order chi connectivity index (χ1) is 14.2. The molecule has 138 valence electrons. The molecule has 1 heterocycles. The Balaban J connectivity index is 1.82. The maximum Gasteiger partial charge on any atom is 0.488 e. The molecule has 4 aromatic carbocycles. The molecule has 29 heavy (non-hydrogen) atoms. The Morgan fingerprint density at radius 3 is 1.79 bits per heavy atom. The van der Waals surface area contributed by atoms with Gasteiger partial charge in [-0.3, -0.25) is 0 Å². The van der Waals surface area contributed by atoms with Gasteiger partial charge < -0.3 is 14.8 Å². The van der Waals surface area contributed by atoms with Crippen molar-refractivity contribution < 1.29 is 14.8 Å². The summed E-state index contributed by atoms with van der Waals surface area (Å²) in [6.45, 7) is 0. The lowest BCUT2D eigenvalue weighted by Gasteiger charge is -2.39. The third-order valence-electron chi connectivity index (χ3n) is 6.17. The molecule has 4 heteroatoms. The molecule has 0 saturated heterocycles. The zero-order valence-electron chi connectivity index (χ0n) is 15.5. The normalized spacial score (nSPS) is 14.4. The van der Waals surface area contributed by atoms with E-state index in [2.05, 4.69) is 54.6 Å². The molecule has 0 atom stereocenters. The van der Waals surface area contributed by atoms with Crippen LogP contribution in [0, 0.1) is 0 Å². The third-order valence-corrected chi connectivity index (χ3v) is 6.17. The summed E-state index contributed by atoms with van der Waals surface area (Å²) < 4.78 is 6.27. The van der Waals surface area contributed by atoms with E-state index in [1.54, 1.807) is 6.07 Å². The van der Waals surface area contributed by atoms with Crippen LogP contribution in [0.2, 0.25) is 0 Å². The zero-order valence-corrected chi connectivity index (χ0v) is 15.5. The van der Waals surface area contributed by atoms with Gasteiger partial charge in [0.05, 0.1) is 5.41 Å². The Bertz CT molecular complexity index is 1230. The summed E-state index contributed by atoms with van der Waals surface area (Å²) in [4.78, 5) is 0. The number of fused-ring (bicyclic) bond motifs is 9. The van der Waals surface area contributed by atoms with Crippen molar-refractivity contribution in [3.8, 4) is 22.6 Å². The van der Waals surface area contributed by atoms with Crippen LogP contribution in [-0.2, 0) is 5.41 Å². The molecule has 2 aliphatic rings. The Morgan fingerprint density at radius 1 is 0.586 bits per heavy atom. The second-order valence-electron chi connectivity index (χ2n) is 7.57. The summed E-state index contributed by atoms with van der Waals surface area (Å²) in [5, 5.41) is 19.7. The average molecular weight is 376 g/mol. The molecule has 2 N–H and O–H groups in total. The first-order valence-corrected chi connectivity index (χ1v) is 9.68. The minimum absolute atomic E-state index is 0.452. The second-order valence-corrected chi connectivity index (χ2v) is 7.57. The maximum absolute atomic E-state index is 9.86. The lowest BCUT2D eigenvalue weighted by Crippen LogP contribution is -2.36. The van der Waals surface area contributed by atoms with Crippen LogP contribution in [0.25, 0.3) is 11.1 Å². The Labute approximate surface area is 169 Å². The van der Waals surface area contributed by atoms with Gasteiger partial charge in [-0.15, -0.1) is 0 Å². The highest BCUT2D eigenvalue weighted by Gasteiger charge is 2.51. The van der Waals surface area contributed by atoms with Gasteiger partial charge in [-0.05, 0) is 39.8 Å². The van der Waals surface area contributed by atoms with Crippen LogP contribution < -0.4 is 10.2 Å². The highest BCUT2D eigenvalue weighted by atomic mass is 16.5. The topological polar surface area (TPSA) is 49.7 Å². The molecule has 0 saturated carbocycles. The van der Waals surface area contributed by atoms with E-state index >= 15 is 0 Å². The Hall–Kier alpha value is -3.34. The van der Waals surface area contributed by atoms with E-state index in [0.29, 0.717) is 5.46 Å². The average Bonchev–Trinajstić information content (AvgIpc) is 3.05. The van der Waals surface area contributed by atoms with Gasteiger partial charge in [0.25, 0.3) is 0 Å².